The van der Waals surface area contributed by atoms with Gasteiger partial charge in [0.2, 0.25) is 5.91 Å². The van der Waals surface area contributed by atoms with Crippen molar-refractivity contribution in [3.8, 4) is 0 Å². The molecule has 1 amide bonds. The second-order valence-corrected chi connectivity index (χ2v) is 10.6. The summed E-state index contributed by atoms with van der Waals surface area (Å²) in [6.45, 7) is 10.7. The lowest BCUT2D eigenvalue weighted by Gasteiger charge is -2.49. The fourth-order valence-corrected chi connectivity index (χ4v) is 6.69. The van der Waals surface area contributed by atoms with Gasteiger partial charge < -0.3 is 10.4 Å². The normalized spacial score (nSPS) is 40.2. The van der Waals surface area contributed by atoms with Gasteiger partial charge in [0.15, 0.2) is 0 Å². The number of nitrogens with one attached hydrogen (secondary N) is 1. The van der Waals surface area contributed by atoms with Gasteiger partial charge in [0.05, 0.1) is 6.10 Å². The van der Waals surface area contributed by atoms with E-state index in [0.29, 0.717) is 24.7 Å². The molecule has 1 saturated carbocycles. The molecule has 4 heteroatoms. The number of carbonyl (C=O) groups excluding carboxylic acids is 2. The Labute approximate surface area is 192 Å². The summed E-state index contributed by atoms with van der Waals surface area (Å²) in [5, 5.41) is 14.5. The van der Waals surface area contributed by atoms with E-state index in [4.69, 9.17) is 0 Å². The van der Waals surface area contributed by atoms with Crippen molar-refractivity contribution in [1.29, 1.82) is 0 Å². The second kappa shape index (κ2) is 8.97. The number of rotatable bonds is 2. The standard InChI is InChI=1S/C28H37NO3/c1-17-9-8-12-22-26(31)20(4)19(3)25-23(16-21-10-6-5-7-11-21)29-27(32)28(22,25)24(30)14-13-18(2)15-17/h5-8,10-12,17-19,22-23,25-26,31H,4,9,13-16H2,1-3H3,(H,29,32)/t17-,18-,19+,22-,23-,25-,26+,28+/m0/s1. The number of carbonyl (C=O) groups is 2. The van der Waals surface area contributed by atoms with Gasteiger partial charge in [-0.05, 0) is 54.6 Å². The molecule has 1 aliphatic heterocycles. The first-order chi connectivity index (χ1) is 15.3. The number of benzene rings is 1. The minimum atomic E-state index is -1.23. The lowest BCUT2D eigenvalue weighted by atomic mass is 9.51. The molecule has 172 valence electrons. The molecule has 32 heavy (non-hydrogen) atoms. The zero-order chi connectivity index (χ0) is 23.0. The smallest absolute Gasteiger partial charge is 0.235 e. The van der Waals surface area contributed by atoms with Crippen LogP contribution >= 0.6 is 0 Å². The highest BCUT2D eigenvalue weighted by molar-refractivity contribution is 6.09. The van der Waals surface area contributed by atoms with E-state index in [1.54, 1.807) is 0 Å². The molecule has 8 atom stereocenters. The number of aliphatic hydroxyl groups excluding tert-OH is 1. The van der Waals surface area contributed by atoms with Crippen LogP contribution in [0.2, 0.25) is 0 Å². The molecule has 4 rings (SSSR count). The van der Waals surface area contributed by atoms with E-state index in [2.05, 4.69) is 44.0 Å². The Morgan fingerprint density at radius 1 is 1.12 bits per heavy atom. The van der Waals surface area contributed by atoms with Crippen molar-refractivity contribution in [3.05, 3.63) is 60.2 Å². The Balaban J connectivity index is 1.81. The number of hydrogen-bond donors (Lipinski definition) is 2. The summed E-state index contributed by atoms with van der Waals surface area (Å²) in [6, 6.07) is 9.95. The first-order valence-electron chi connectivity index (χ1n) is 12.2. The lowest BCUT2D eigenvalue weighted by Crippen LogP contribution is -2.58. The zero-order valence-electron chi connectivity index (χ0n) is 19.6. The Hall–Kier alpha value is -2.20. The molecule has 1 aromatic rings. The van der Waals surface area contributed by atoms with Gasteiger partial charge in [-0.25, -0.2) is 0 Å². The van der Waals surface area contributed by atoms with Crippen molar-refractivity contribution in [3.63, 3.8) is 0 Å². The van der Waals surface area contributed by atoms with Gasteiger partial charge in [0.1, 0.15) is 11.2 Å². The monoisotopic (exact) mass is 435 g/mol. The van der Waals surface area contributed by atoms with E-state index < -0.39 is 17.4 Å². The number of amides is 1. The summed E-state index contributed by atoms with van der Waals surface area (Å²) in [6.07, 6.45) is 6.94. The third-order valence-corrected chi connectivity index (χ3v) is 8.33. The summed E-state index contributed by atoms with van der Waals surface area (Å²) >= 11 is 0. The van der Waals surface area contributed by atoms with Crippen LogP contribution in [-0.4, -0.2) is 28.9 Å². The summed E-state index contributed by atoms with van der Waals surface area (Å²) in [4.78, 5) is 27.7. The van der Waals surface area contributed by atoms with Crippen LogP contribution in [-0.2, 0) is 16.0 Å². The molecular weight excluding hydrogens is 398 g/mol. The maximum Gasteiger partial charge on any atom is 0.235 e. The van der Waals surface area contributed by atoms with Crippen molar-refractivity contribution in [2.24, 2.45) is 35.0 Å². The van der Waals surface area contributed by atoms with E-state index in [1.807, 2.05) is 31.2 Å². The lowest BCUT2D eigenvalue weighted by molar-refractivity contribution is -0.151. The molecule has 0 radical (unpaired) electrons. The van der Waals surface area contributed by atoms with Crippen LogP contribution in [0, 0.1) is 35.0 Å². The number of aliphatic hydroxyl groups is 1. The minimum Gasteiger partial charge on any atom is -0.388 e. The van der Waals surface area contributed by atoms with Crippen molar-refractivity contribution in [2.75, 3.05) is 0 Å². The van der Waals surface area contributed by atoms with E-state index in [-0.39, 0.29) is 29.6 Å². The molecule has 0 bridgehead atoms. The highest BCUT2D eigenvalue weighted by atomic mass is 16.3. The second-order valence-electron chi connectivity index (χ2n) is 10.6. The molecule has 0 aromatic heterocycles. The molecule has 0 unspecified atom stereocenters. The molecule has 2 aliphatic carbocycles. The summed E-state index contributed by atoms with van der Waals surface area (Å²) in [5.41, 5.74) is 0.639. The molecule has 2 N–H and O–H groups in total. The van der Waals surface area contributed by atoms with E-state index in [1.165, 1.54) is 0 Å². The summed E-state index contributed by atoms with van der Waals surface area (Å²) in [5.74, 6) is -0.197. The maximum atomic E-state index is 14.0. The quantitative estimate of drug-likeness (QED) is 0.532. The molecular formula is C28H37NO3. The van der Waals surface area contributed by atoms with Crippen LogP contribution in [0.4, 0.5) is 0 Å². The van der Waals surface area contributed by atoms with Gasteiger partial charge >= 0.3 is 0 Å². The fourth-order valence-electron chi connectivity index (χ4n) is 6.69. The first-order valence-corrected chi connectivity index (χ1v) is 12.2. The van der Waals surface area contributed by atoms with Gasteiger partial charge in [-0.15, -0.1) is 0 Å². The van der Waals surface area contributed by atoms with Gasteiger partial charge in [-0.1, -0.05) is 69.8 Å². The van der Waals surface area contributed by atoms with E-state index >= 15 is 0 Å². The fraction of sp³-hybridized carbons (Fsp3) is 0.571. The van der Waals surface area contributed by atoms with Crippen LogP contribution in [0.1, 0.15) is 52.0 Å². The van der Waals surface area contributed by atoms with Crippen molar-refractivity contribution in [1.82, 2.24) is 5.32 Å². The maximum absolute atomic E-state index is 14.0. The number of ketones is 1. The van der Waals surface area contributed by atoms with Crippen LogP contribution in [0.3, 0.4) is 0 Å². The Morgan fingerprint density at radius 2 is 1.84 bits per heavy atom. The minimum absolute atomic E-state index is 0.00925. The highest BCUT2D eigenvalue weighted by Gasteiger charge is 2.68. The molecule has 1 heterocycles. The third kappa shape index (κ3) is 3.77. The van der Waals surface area contributed by atoms with Crippen molar-refractivity contribution < 1.29 is 14.7 Å². The molecule has 1 saturated heterocycles. The van der Waals surface area contributed by atoms with E-state index in [9.17, 15) is 14.7 Å². The predicted octanol–water partition coefficient (Wildman–Crippen LogP) is 4.48. The summed E-state index contributed by atoms with van der Waals surface area (Å²) < 4.78 is 0. The molecule has 1 spiro atoms. The van der Waals surface area contributed by atoms with Gasteiger partial charge in [0.25, 0.3) is 0 Å². The molecule has 2 fully saturated rings. The predicted molar refractivity (Wildman–Crippen MR) is 127 cm³/mol. The largest absolute Gasteiger partial charge is 0.388 e. The van der Waals surface area contributed by atoms with Gasteiger partial charge in [-0.2, -0.15) is 0 Å². The Morgan fingerprint density at radius 3 is 2.56 bits per heavy atom. The Kier molecular flexibility index (Phi) is 6.44. The average molecular weight is 436 g/mol. The number of allylic oxidation sites excluding steroid dienone is 1. The number of Topliss-reactive ketones (excluding diaryl/α,β-unsaturated/α-hetero) is 1. The zero-order valence-corrected chi connectivity index (χ0v) is 19.6. The van der Waals surface area contributed by atoms with Gasteiger partial charge in [0, 0.05) is 24.3 Å². The molecule has 4 nitrogen and oxygen atoms in total. The first kappa shape index (κ1) is 23.0. The molecule has 3 aliphatic rings. The summed E-state index contributed by atoms with van der Waals surface area (Å²) in [7, 11) is 0. The van der Waals surface area contributed by atoms with Gasteiger partial charge in [-0.3, -0.25) is 9.59 Å². The van der Waals surface area contributed by atoms with Crippen LogP contribution in [0.5, 0.6) is 0 Å². The Bertz CT molecular complexity index is 907. The van der Waals surface area contributed by atoms with Crippen molar-refractivity contribution >= 4 is 11.7 Å². The van der Waals surface area contributed by atoms with Crippen molar-refractivity contribution in [2.45, 2.75) is 65.0 Å². The van der Waals surface area contributed by atoms with Crippen LogP contribution in [0.15, 0.2) is 54.6 Å². The number of hydrogen-bond acceptors (Lipinski definition) is 3. The average Bonchev–Trinajstić information content (AvgIpc) is 3.04. The van der Waals surface area contributed by atoms with Crippen LogP contribution < -0.4 is 5.32 Å². The highest BCUT2D eigenvalue weighted by Crippen LogP contribution is 2.57. The van der Waals surface area contributed by atoms with E-state index in [0.717, 1.165) is 30.4 Å². The topological polar surface area (TPSA) is 66.4 Å². The SMILES string of the molecule is C=C1[C@@H](C)[C@H]2[C@H](Cc3ccccc3)NC(=O)[C@]23C(=O)CC[C@H](C)C[C@@H](C)CC=C[C@H]3[C@@H]1O. The molecule has 1 aromatic carbocycles. The third-order valence-electron chi connectivity index (χ3n) is 8.33. The van der Waals surface area contributed by atoms with Crippen LogP contribution in [0.25, 0.3) is 0 Å².